The standard InChI is InChI=1S/C21H20N6O2/c1-14(20-26-25-18-11-5-6-13-27(18)20)23-21(28)15-8-7-12-22-19(15)24-16-9-3-4-10-17(16)29-2/h3-14H,1-2H3,(H,22,24)(H,23,28). The van der Waals surface area contributed by atoms with Crippen molar-refractivity contribution in [3.63, 3.8) is 0 Å². The number of carbonyl (C=O) groups excluding carboxylic acids is 1. The van der Waals surface area contributed by atoms with Crippen molar-refractivity contribution in [3.05, 3.63) is 78.4 Å². The molecular weight excluding hydrogens is 368 g/mol. The molecule has 0 saturated heterocycles. The molecule has 0 radical (unpaired) electrons. The second-order valence-corrected chi connectivity index (χ2v) is 6.41. The summed E-state index contributed by atoms with van der Waals surface area (Å²) in [7, 11) is 1.59. The van der Waals surface area contributed by atoms with Gasteiger partial charge in [0.05, 0.1) is 24.4 Å². The Morgan fingerprint density at radius 1 is 1.07 bits per heavy atom. The molecule has 2 N–H and O–H groups in total. The Morgan fingerprint density at radius 3 is 2.76 bits per heavy atom. The summed E-state index contributed by atoms with van der Waals surface area (Å²) < 4.78 is 7.21. The van der Waals surface area contributed by atoms with Gasteiger partial charge in [-0.25, -0.2) is 4.98 Å². The highest BCUT2D eigenvalue weighted by Gasteiger charge is 2.19. The average molecular weight is 388 g/mol. The summed E-state index contributed by atoms with van der Waals surface area (Å²) in [5, 5.41) is 14.5. The number of anilines is 2. The van der Waals surface area contributed by atoms with Crippen LogP contribution >= 0.6 is 0 Å². The van der Waals surface area contributed by atoms with Crippen molar-refractivity contribution in [2.24, 2.45) is 0 Å². The number of aromatic nitrogens is 4. The van der Waals surface area contributed by atoms with E-state index >= 15 is 0 Å². The van der Waals surface area contributed by atoms with Crippen molar-refractivity contribution in [2.45, 2.75) is 13.0 Å². The number of methoxy groups -OCH3 is 1. The van der Waals surface area contributed by atoms with E-state index in [-0.39, 0.29) is 11.9 Å². The number of rotatable bonds is 6. The Labute approximate surface area is 167 Å². The fourth-order valence-corrected chi connectivity index (χ4v) is 3.06. The minimum atomic E-state index is -0.348. The number of carbonyl (C=O) groups is 1. The van der Waals surface area contributed by atoms with Crippen LogP contribution in [-0.2, 0) is 0 Å². The molecule has 1 atom stereocenters. The summed E-state index contributed by atoms with van der Waals surface area (Å²) in [6.07, 6.45) is 3.50. The van der Waals surface area contributed by atoms with E-state index in [0.717, 1.165) is 11.3 Å². The van der Waals surface area contributed by atoms with Crippen LogP contribution in [0.4, 0.5) is 11.5 Å². The zero-order chi connectivity index (χ0) is 20.2. The predicted molar refractivity (Wildman–Crippen MR) is 109 cm³/mol. The lowest BCUT2D eigenvalue weighted by atomic mass is 10.2. The van der Waals surface area contributed by atoms with Crippen LogP contribution in [0.3, 0.4) is 0 Å². The van der Waals surface area contributed by atoms with E-state index < -0.39 is 0 Å². The zero-order valence-electron chi connectivity index (χ0n) is 16.0. The molecule has 1 unspecified atom stereocenters. The van der Waals surface area contributed by atoms with E-state index in [0.29, 0.717) is 23.0 Å². The molecule has 1 amide bonds. The molecule has 0 saturated carbocycles. The molecular formula is C21H20N6O2. The van der Waals surface area contributed by atoms with E-state index in [4.69, 9.17) is 4.74 Å². The van der Waals surface area contributed by atoms with Crippen LogP contribution in [0.15, 0.2) is 67.0 Å². The van der Waals surface area contributed by atoms with E-state index in [1.807, 2.05) is 60.0 Å². The van der Waals surface area contributed by atoms with E-state index in [2.05, 4.69) is 25.8 Å². The van der Waals surface area contributed by atoms with Gasteiger partial charge in [0.25, 0.3) is 5.91 Å². The molecule has 146 valence electrons. The molecule has 3 heterocycles. The number of pyridine rings is 2. The number of ether oxygens (including phenoxy) is 1. The zero-order valence-corrected chi connectivity index (χ0v) is 16.0. The van der Waals surface area contributed by atoms with Crippen LogP contribution in [0.1, 0.15) is 29.1 Å². The highest BCUT2D eigenvalue weighted by atomic mass is 16.5. The summed E-state index contributed by atoms with van der Waals surface area (Å²) in [4.78, 5) is 17.3. The van der Waals surface area contributed by atoms with Gasteiger partial charge in [-0.15, -0.1) is 10.2 Å². The molecule has 4 rings (SSSR count). The van der Waals surface area contributed by atoms with Gasteiger partial charge in [0, 0.05) is 12.4 Å². The molecule has 8 heteroatoms. The first-order chi connectivity index (χ1) is 14.2. The first-order valence-corrected chi connectivity index (χ1v) is 9.13. The van der Waals surface area contributed by atoms with Gasteiger partial charge >= 0.3 is 0 Å². The third-order valence-electron chi connectivity index (χ3n) is 4.49. The molecule has 0 fully saturated rings. The van der Waals surface area contributed by atoms with Gasteiger partial charge in [-0.1, -0.05) is 18.2 Å². The molecule has 0 bridgehead atoms. The van der Waals surface area contributed by atoms with Gasteiger partial charge in [0.1, 0.15) is 11.6 Å². The largest absolute Gasteiger partial charge is 0.495 e. The van der Waals surface area contributed by atoms with Crippen LogP contribution in [0, 0.1) is 0 Å². The third-order valence-corrected chi connectivity index (χ3v) is 4.49. The van der Waals surface area contributed by atoms with Crippen molar-refractivity contribution in [2.75, 3.05) is 12.4 Å². The smallest absolute Gasteiger partial charge is 0.255 e. The van der Waals surface area contributed by atoms with Gasteiger partial charge in [-0.3, -0.25) is 9.20 Å². The number of hydrogen-bond acceptors (Lipinski definition) is 6. The summed E-state index contributed by atoms with van der Waals surface area (Å²) in [6.45, 7) is 1.87. The van der Waals surface area contributed by atoms with E-state index in [1.165, 1.54) is 0 Å². The second-order valence-electron chi connectivity index (χ2n) is 6.41. The molecule has 8 nitrogen and oxygen atoms in total. The number of nitrogens with one attached hydrogen (secondary N) is 2. The number of hydrogen-bond donors (Lipinski definition) is 2. The lowest BCUT2D eigenvalue weighted by Gasteiger charge is -2.16. The highest BCUT2D eigenvalue weighted by Crippen LogP contribution is 2.27. The first-order valence-electron chi connectivity index (χ1n) is 9.13. The van der Waals surface area contributed by atoms with Gasteiger partial charge in [0.15, 0.2) is 11.5 Å². The Morgan fingerprint density at radius 2 is 1.90 bits per heavy atom. The fraction of sp³-hybridized carbons (Fsp3) is 0.143. The third kappa shape index (κ3) is 3.73. The Hall–Kier alpha value is -3.94. The Bertz CT molecular complexity index is 1160. The van der Waals surface area contributed by atoms with Gasteiger partial charge < -0.3 is 15.4 Å². The minimum Gasteiger partial charge on any atom is -0.495 e. The molecule has 0 aliphatic carbocycles. The van der Waals surface area contributed by atoms with E-state index in [1.54, 1.807) is 25.4 Å². The first kappa shape index (κ1) is 18.4. The van der Waals surface area contributed by atoms with Crippen LogP contribution in [0.25, 0.3) is 5.65 Å². The van der Waals surface area contributed by atoms with Crippen molar-refractivity contribution in [1.82, 2.24) is 24.9 Å². The maximum Gasteiger partial charge on any atom is 0.255 e. The summed E-state index contributed by atoms with van der Waals surface area (Å²) in [5.41, 5.74) is 1.86. The van der Waals surface area contributed by atoms with Gasteiger partial charge in [-0.05, 0) is 43.3 Å². The van der Waals surface area contributed by atoms with Crippen molar-refractivity contribution in [3.8, 4) is 5.75 Å². The number of fused-ring (bicyclic) bond motifs is 1. The van der Waals surface area contributed by atoms with E-state index in [9.17, 15) is 4.79 Å². The maximum absolute atomic E-state index is 13.0. The lowest BCUT2D eigenvalue weighted by Crippen LogP contribution is -2.28. The molecule has 0 aliphatic rings. The molecule has 0 aliphatic heterocycles. The van der Waals surface area contributed by atoms with Crippen molar-refractivity contribution in [1.29, 1.82) is 0 Å². The maximum atomic E-state index is 13.0. The van der Waals surface area contributed by atoms with Crippen LogP contribution in [-0.4, -0.2) is 32.6 Å². The van der Waals surface area contributed by atoms with Crippen molar-refractivity contribution >= 4 is 23.1 Å². The highest BCUT2D eigenvalue weighted by molar-refractivity contribution is 5.99. The monoisotopic (exact) mass is 388 g/mol. The molecule has 1 aromatic carbocycles. The number of nitrogens with zero attached hydrogens (tertiary/aromatic N) is 4. The molecule has 3 aromatic heterocycles. The van der Waals surface area contributed by atoms with Crippen molar-refractivity contribution < 1.29 is 9.53 Å². The fourth-order valence-electron chi connectivity index (χ4n) is 3.06. The SMILES string of the molecule is COc1ccccc1Nc1ncccc1C(=O)NC(C)c1nnc2ccccn12. The Balaban J connectivity index is 1.58. The average Bonchev–Trinajstić information content (AvgIpc) is 3.19. The van der Waals surface area contributed by atoms with Gasteiger partial charge in [0.2, 0.25) is 0 Å². The second kappa shape index (κ2) is 7.97. The molecule has 4 aromatic rings. The summed E-state index contributed by atoms with van der Waals surface area (Å²) in [6, 6.07) is 16.2. The number of benzene rings is 1. The van der Waals surface area contributed by atoms with Crippen LogP contribution in [0.5, 0.6) is 5.75 Å². The molecule has 29 heavy (non-hydrogen) atoms. The summed E-state index contributed by atoms with van der Waals surface area (Å²) >= 11 is 0. The lowest BCUT2D eigenvalue weighted by molar-refractivity contribution is 0.0938. The summed E-state index contributed by atoms with van der Waals surface area (Å²) in [5.74, 6) is 1.48. The molecule has 0 spiro atoms. The van der Waals surface area contributed by atoms with Crippen LogP contribution < -0.4 is 15.4 Å². The quantitative estimate of drug-likeness (QED) is 0.526. The number of amides is 1. The minimum absolute atomic E-state index is 0.268. The normalized spacial score (nSPS) is 11.8. The number of para-hydroxylation sites is 2. The predicted octanol–water partition coefficient (Wildman–Crippen LogP) is 3.37. The van der Waals surface area contributed by atoms with Gasteiger partial charge in [-0.2, -0.15) is 0 Å². The topological polar surface area (TPSA) is 93.4 Å². The Kier molecular flexibility index (Phi) is 5.07. The van der Waals surface area contributed by atoms with Crippen LogP contribution in [0.2, 0.25) is 0 Å².